The molecular weight excluding hydrogens is 425 g/mol. The Kier molecular flexibility index (Phi) is 5.40. The van der Waals surface area contributed by atoms with Crippen molar-refractivity contribution in [3.8, 4) is 5.75 Å². The molecule has 0 aliphatic carbocycles. The van der Waals surface area contributed by atoms with Crippen molar-refractivity contribution in [2.24, 2.45) is 4.99 Å². The van der Waals surface area contributed by atoms with Gasteiger partial charge in [0.25, 0.3) is 5.91 Å². The molecule has 0 saturated heterocycles. The monoisotopic (exact) mass is 440 g/mol. The van der Waals surface area contributed by atoms with Gasteiger partial charge in [0, 0.05) is 12.3 Å². The molecular formula is C23H15F3N2O4. The molecule has 0 fully saturated rings. The van der Waals surface area contributed by atoms with E-state index < -0.39 is 23.9 Å². The van der Waals surface area contributed by atoms with Crippen molar-refractivity contribution in [3.63, 3.8) is 0 Å². The van der Waals surface area contributed by atoms with Gasteiger partial charge in [-0.05, 0) is 47.2 Å². The number of halogens is 3. The zero-order valence-electron chi connectivity index (χ0n) is 16.6. The maximum absolute atomic E-state index is 12.7. The molecule has 0 radical (unpaired) electrons. The number of nitrogens with zero attached hydrogens (tertiary/aromatic N) is 1. The van der Waals surface area contributed by atoms with Gasteiger partial charge in [0.15, 0.2) is 0 Å². The molecule has 1 heterocycles. The van der Waals surface area contributed by atoms with E-state index in [4.69, 9.17) is 4.42 Å². The minimum atomic E-state index is -4.81. The van der Waals surface area contributed by atoms with Gasteiger partial charge in [-0.15, -0.1) is 13.2 Å². The predicted octanol–water partition coefficient (Wildman–Crippen LogP) is 4.99. The van der Waals surface area contributed by atoms with Gasteiger partial charge in [0.1, 0.15) is 16.9 Å². The minimum Gasteiger partial charge on any atom is -0.438 e. The number of imide groups is 1. The number of hydrogen-bond donors (Lipinski definition) is 1. The van der Waals surface area contributed by atoms with E-state index in [0.29, 0.717) is 11.0 Å². The average Bonchev–Trinajstić information content (AvgIpc) is 2.73. The molecule has 1 aromatic heterocycles. The first-order valence-corrected chi connectivity index (χ1v) is 9.38. The van der Waals surface area contributed by atoms with Crippen LogP contribution in [-0.2, 0) is 4.79 Å². The second kappa shape index (κ2) is 8.18. The largest absolute Gasteiger partial charge is 0.573 e. The van der Waals surface area contributed by atoms with Crippen molar-refractivity contribution >= 4 is 39.2 Å². The number of rotatable bonds is 3. The summed E-state index contributed by atoms with van der Waals surface area (Å²) in [6.45, 7) is 1.20. The first-order chi connectivity index (χ1) is 15.2. The molecule has 4 aromatic rings. The highest BCUT2D eigenvalue weighted by Crippen LogP contribution is 2.27. The summed E-state index contributed by atoms with van der Waals surface area (Å²) in [6, 6.07) is 17.4. The van der Waals surface area contributed by atoms with Gasteiger partial charge < -0.3 is 9.15 Å². The van der Waals surface area contributed by atoms with E-state index in [1.807, 2.05) is 30.3 Å². The van der Waals surface area contributed by atoms with Gasteiger partial charge in [-0.25, -0.2) is 4.99 Å². The number of nitrogens with one attached hydrogen (secondary N) is 1. The van der Waals surface area contributed by atoms with E-state index in [2.05, 4.69) is 15.0 Å². The number of ether oxygens (including phenoxy) is 1. The minimum absolute atomic E-state index is 0.000305. The molecule has 32 heavy (non-hydrogen) atoms. The second-order valence-electron chi connectivity index (χ2n) is 6.83. The smallest absolute Gasteiger partial charge is 0.438 e. The summed E-state index contributed by atoms with van der Waals surface area (Å²) in [5.74, 6) is -1.69. The second-order valence-corrected chi connectivity index (χ2v) is 6.83. The Hall–Kier alpha value is -4.14. The lowest BCUT2D eigenvalue weighted by Crippen LogP contribution is -2.32. The molecule has 0 bridgehead atoms. The van der Waals surface area contributed by atoms with Crippen molar-refractivity contribution < 1.29 is 31.9 Å². The molecule has 0 aliphatic rings. The van der Waals surface area contributed by atoms with Gasteiger partial charge in [0.2, 0.25) is 11.5 Å². The number of carbonyl (C=O) groups excluding carboxylic acids is 2. The highest BCUT2D eigenvalue weighted by Gasteiger charge is 2.30. The summed E-state index contributed by atoms with van der Waals surface area (Å²) in [7, 11) is 0. The van der Waals surface area contributed by atoms with Crippen molar-refractivity contribution in [3.05, 3.63) is 77.8 Å². The van der Waals surface area contributed by atoms with Crippen LogP contribution in [0.25, 0.3) is 21.7 Å². The summed E-state index contributed by atoms with van der Waals surface area (Å²) in [5.41, 5.74) is 0.565. The quantitative estimate of drug-likeness (QED) is 0.455. The first kappa shape index (κ1) is 21.1. The van der Waals surface area contributed by atoms with Crippen molar-refractivity contribution in [2.45, 2.75) is 13.3 Å². The van der Waals surface area contributed by atoms with Gasteiger partial charge in [0.05, 0.1) is 5.69 Å². The topological polar surface area (TPSA) is 80.9 Å². The molecule has 0 saturated carbocycles. The van der Waals surface area contributed by atoms with Crippen LogP contribution >= 0.6 is 0 Å². The van der Waals surface area contributed by atoms with Crippen molar-refractivity contribution in [2.75, 3.05) is 0 Å². The lowest BCUT2D eigenvalue weighted by atomic mass is 10.0. The van der Waals surface area contributed by atoms with Crippen LogP contribution in [0.3, 0.4) is 0 Å². The Bertz CT molecular complexity index is 1410. The third-order valence-electron chi connectivity index (χ3n) is 4.49. The first-order valence-electron chi connectivity index (χ1n) is 9.38. The van der Waals surface area contributed by atoms with E-state index in [9.17, 15) is 22.8 Å². The maximum Gasteiger partial charge on any atom is 0.573 e. The van der Waals surface area contributed by atoms with Crippen LogP contribution in [0.4, 0.5) is 18.9 Å². The third kappa shape index (κ3) is 4.61. The number of alkyl halides is 3. The molecule has 3 aromatic carbocycles. The molecule has 0 spiro atoms. The maximum atomic E-state index is 12.7. The molecule has 0 aliphatic heterocycles. The van der Waals surface area contributed by atoms with Crippen molar-refractivity contribution in [1.29, 1.82) is 0 Å². The van der Waals surface area contributed by atoms with Gasteiger partial charge >= 0.3 is 6.36 Å². The Morgan fingerprint density at radius 3 is 2.38 bits per heavy atom. The van der Waals surface area contributed by atoms with E-state index >= 15 is 0 Å². The standard InChI is InChI=1S/C23H15F3N2O4/c1-13(29)27-21(30)19-12-18-17-5-3-2-4-14(17)6-11-20(18)31-22(19)28-15-7-9-16(10-8-15)32-23(24,25)26/h2-12H,1H3,(H,27,29,30). The Balaban J connectivity index is 1.87. The molecule has 0 unspecified atom stereocenters. The summed E-state index contributed by atoms with van der Waals surface area (Å²) < 4.78 is 46.8. The molecule has 9 heteroatoms. The summed E-state index contributed by atoms with van der Waals surface area (Å²) in [6.07, 6.45) is -4.81. The number of benzene rings is 3. The lowest BCUT2D eigenvalue weighted by Gasteiger charge is -2.09. The molecule has 2 amide bonds. The lowest BCUT2D eigenvalue weighted by molar-refractivity contribution is -0.274. The normalized spacial score (nSPS) is 12.2. The summed E-state index contributed by atoms with van der Waals surface area (Å²) in [4.78, 5) is 28.3. The highest BCUT2D eigenvalue weighted by atomic mass is 19.4. The number of hydrogen-bond acceptors (Lipinski definition) is 5. The average molecular weight is 440 g/mol. The fourth-order valence-corrected chi connectivity index (χ4v) is 3.19. The van der Waals surface area contributed by atoms with E-state index in [1.165, 1.54) is 19.1 Å². The molecule has 1 N–H and O–H groups in total. The van der Waals surface area contributed by atoms with Crippen LogP contribution in [0.2, 0.25) is 0 Å². The van der Waals surface area contributed by atoms with Crippen LogP contribution in [0.15, 0.2) is 76.1 Å². The van der Waals surface area contributed by atoms with E-state index in [-0.39, 0.29) is 16.8 Å². The van der Waals surface area contributed by atoms with Gasteiger partial charge in [-0.1, -0.05) is 30.3 Å². The van der Waals surface area contributed by atoms with Gasteiger partial charge in [-0.2, -0.15) is 0 Å². The molecule has 0 atom stereocenters. The van der Waals surface area contributed by atoms with Gasteiger partial charge in [-0.3, -0.25) is 14.9 Å². The zero-order chi connectivity index (χ0) is 22.9. The zero-order valence-corrected chi connectivity index (χ0v) is 16.6. The molecule has 162 valence electrons. The van der Waals surface area contributed by atoms with Crippen LogP contribution in [0.5, 0.6) is 5.75 Å². The van der Waals surface area contributed by atoms with Crippen molar-refractivity contribution in [1.82, 2.24) is 5.32 Å². The fourth-order valence-electron chi connectivity index (χ4n) is 3.19. The summed E-state index contributed by atoms with van der Waals surface area (Å²) >= 11 is 0. The molecule has 4 rings (SSSR count). The number of amides is 2. The Labute approximate surface area is 178 Å². The Morgan fingerprint density at radius 2 is 1.69 bits per heavy atom. The van der Waals surface area contributed by atoms with Crippen LogP contribution in [0, 0.1) is 0 Å². The van der Waals surface area contributed by atoms with Crippen LogP contribution in [-0.4, -0.2) is 18.2 Å². The SMILES string of the molecule is CC(=O)NC(=O)c1cc2c(ccc3ccccc32)oc1=Nc1ccc(OC(F)(F)F)cc1. The van der Waals surface area contributed by atoms with E-state index in [1.54, 1.807) is 12.1 Å². The summed E-state index contributed by atoms with van der Waals surface area (Å²) in [5, 5.41) is 4.60. The fraction of sp³-hybridized carbons (Fsp3) is 0.0870. The number of carbonyl (C=O) groups is 2. The molecule has 6 nitrogen and oxygen atoms in total. The highest BCUT2D eigenvalue weighted by molar-refractivity contribution is 6.09. The number of fused-ring (bicyclic) bond motifs is 3. The van der Waals surface area contributed by atoms with Crippen LogP contribution < -0.4 is 15.6 Å². The third-order valence-corrected chi connectivity index (χ3v) is 4.49. The Morgan fingerprint density at radius 1 is 0.969 bits per heavy atom. The predicted molar refractivity (Wildman–Crippen MR) is 110 cm³/mol. The van der Waals surface area contributed by atoms with E-state index in [0.717, 1.165) is 22.9 Å². The van der Waals surface area contributed by atoms with Crippen LogP contribution in [0.1, 0.15) is 17.3 Å².